The molecule has 0 aromatic carbocycles. The van der Waals surface area contributed by atoms with Crippen LogP contribution in [0, 0.1) is 0 Å². The molecule has 0 N–H and O–H groups in total. The molecule has 0 spiro atoms. The van der Waals surface area contributed by atoms with E-state index in [1.54, 1.807) is 24.7 Å². The number of aromatic nitrogens is 4. The molecule has 2 rings (SSSR count). The van der Waals surface area contributed by atoms with Crippen molar-refractivity contribution in [2.75, 3.05) is 0 Å². The summed E-state index contributed by atoms with van der Waals surface area (Å²) in [6, 6.07) is 1.77. The summed E-state index contributed by atoms with van der Waals surface area (Å²) in [6.07, 6.45) is 4.89. The molecule has 2 aliphatic heterocycles. The van der Waals surface area contributed by atoms with Crippen molar-refractivity contribution in [1.29, 1.82) is 0 Å². The second-order valence-electron chi connectivity index (χ2n) is 1.86. The lowest BCUT2D eigenvalue weighted by atomic mass is 10.3. The fourth-order valence-corrected chi connectivity index (χ4v) is 0.744. The van der Waals surface area contributed by atoms with E-state index in [1.165, 1.54) is 0 Å². The van der Waals surface area contributed by atoms with Crippen molar-refractivity contribution in [3.8, 4) is 11.3 Å². The van der Waals surface area contributed by atoms with Crippen molar-refractivity contribution >= 4 is 0 Å². The van der Waals surface area contributed by atoms with Gasteiger partial charge in [0.15, 0.2) is 0 Å². The lowest BCUT2D eigenvalue weighted by Crippen LogP contribution is -1.67. The van der Waals surface area contributed by atoms with E-state index in [9.17, 15) is 0 Å². The first-order valence-electron chi connectivity index (χ1n) is 2.85. The minimum absolute atomic E-state index is 0.824. The highest BCUT2D eigenvalue weighted by Crippen LogP contribution is 2.12. The minimum atomic E-state index is 0.824. The molecule has 0 radical (unpaired) electrons. The van der Waals surface area contributed by atoms with E-state index < -0.39 is 0 Å². The molecule has 4 nitrogen and oxygen atoms in total. The molecule has 0 amide bonds. The Bertz CT molecular complexity index is 281. The zero-order valence-electron chi connectivity index (χ0n) is 5.10. The van der Waals surface area contributed by atoms with E-state index in [0.717, 1.165) is 11.3 Å². The third kappa shape index (κ3) is 0.699. The largest absolute Gasteiger partial charge is 0.159 e. The summed E-state index contributed by atoms with van der Waals surface area (Å²) in [7, 11) is 0. The average molecular weight is 132 g/mol. The molecular formula is C6H4N4. The van der Waals surface area contributed by atoms with Crippen LogP contribution in [0.1, 0.15) is 0 Å². The number of hydrogen-bond donors (Lipinski definition) is 0. The molecule has 4 heteroatoms. The topological polar surface area (TPSA) is 51.6 Å². The highest BCUT2D eigenvalue weighted by atomic mass is 15.1. The van der Waals surface area contributed by atoms with Crippen LogP contribution < -0.4 is 0 Å². The van der Waals surface area contributed by atoms with Crippen molar-refractivity contribution < 1.29 is 0 Å². The van der Waals surface area contributed by atoms with Gasteiger partial charge in [-0.2, -0.15) is 20.4 Å². The van der Waals surface area contributed by atoms with Gasteiger partial charge in [-0.3, -0.25) is 0 Å². The fourth-order valence-electron chi connectivity index (χ4n) is 0.744. The van der Waals surface area contributed by atoms with E-state index in [-0.39, 0.29) is 0 Å². The van der Waals surface area contributed by atoms with Gasteiger partial charge < -0.3 is 0 Å². The van der Waals surface area contributed by atoms with Crippen LogP contribution in [-0.2, 0) is 0 Å². The van der Waals surface area contributed by atoms with Crippen molar-refractivity contribution in [3.05, 3.63) is 24.7 Å². The summed E-state index contributed by atoms with van der Waals surface area (Å²) < 4.78 is 0. The zero-order chi connectivity index (χ0) is 6.81. The Labute approximate surface area is 57.3 Å². The molecular weight excluding hydrogens is 128 g/mol. The summed E-state index contributed by atoms with van der Waals surface area (Å²) >= 11 is 0. The second-order valence-corrected chi connectivity index (χ2v) is 1.86. The third-order valence-corrected chi connectivity index (χ3v) is 1.22. The first-order chi connectivity index (χ1) is 4.97. The van der Waals surface area contributed by atoms with E-state index in [2.05, 4.69) is 20.4 Å². The van der Waals surface area contributed by atoms with Gasteiger partial charge in [0.2, 0.25) is 0 Å². The highest BCUT2D eigenvalue weighted by Gasteiger charge is 1.99. The van der Waals surface area contributed by atoms with Gasteiger partial charge in [0.05, 0.1) is 24.3 Å². The Hall–Kier alpha value is -1.58. The first-order valence-corrected chi connectivity index (χ1v) is 2.85. The van der Waals surface area contributed by atoms with Crippen molar-refractivity contribution in [3.63, 3.8) is 0 Å². The monoisotopic (exact) mass is 132 g/mol. The van der Waals surface area contributed by atoms with E-state index in [0.29, 0.717) is 0 Å². The van der Waals surface area contributed by atoms with Crippen LogP contribution in [0.5, 0.6) is 0 Å². The Morgan fingerprint density at radius 2 is 1.90 bits per heavy atom. The van der Waals surface area contributed by atoms with Crippen LogP contribution in [0.15, 0.2) is 24.7 Å². The Morgan fingerprint density at radius 3 is 2.90 bits per heavy atom. The van der Waals surface area contributed by atoms with Crippen LogP contribution in [0.25, 0.3) is 11.3 Å². The number of nitrogens with zero attached hydrogens (tertiary/aromatic N) is 4. The van der Waals surface area contributed by atoms with Gasteiger partial charge in [0.1, 0.15) is 0 Å². The van der Waals surface area contributed by atoms with Gasteiger partial charge >= 0.3 is 0 Å². The van der Waals surface area contributed by atoms with Crippen LogP contribution >= 0.6 is 0 Å². The fraction of sp³-hybridized carbons (Fsp3) is 0. The normalized spacial score (nSPS) is 10.0. The Kier molecular flexibility index (Phi) is 1.04. The summed E-state index contributed by atoms with van der Waals surface area (Å²) in [5, 5.41) is 14.9. The van der Waals surface area contributed by atoms with Crippen LogP contribution in [0.2, 0.25) is 0 Å². The maximum atomic E-state index is 3.83. The Balaban J connectivity index is 2.74. The predicted octanol–water partition coefficient (Wildman–Crippen LogP) is 0.371. The number of fused-ring (bicyclic) bond motifs is 1. The van der Waals surface area contributed by atoms with Crippen molar-refractivity contribution in [1.82, 2.24) is 20.4 Å². The van der Waals surface area contributed by atoms with Gasteiger partial charge in [0, 0.05) is 5.56 Å². The third-order valence-electron chi connectivity index (χ3n) is 1.22. The standard InChI is InChI=1S/C6H4N4/c1-2-7-8-3-5-4-9-10-6(1)5/h1-4H. The zero-order valence-corrected chi connectivity index (χ0v) is 5.10. The molecule has 0 saturated heterocycles. The molecule has 0 aromatic heterocycles. The molecule has 0 atom stereocenters. The summed E-state index contributed by atoms with van der Waals surface area (Å²) in [5.74, 6) is 0. The van der Waals surface area contributed by atoms with E-state index >= 15 is 0 Å². The van der Waals surface area contributed by atoms with Gasteiger partial charge in [-0.15, -0.1) is 0 Å². The van der Waals surface area contributed by atoms with Crippen molar-refractivity contribution in [2.45, 2.75) is 0 Å². The molecule has 48 valence electrons. The maximum Gasteiger partial charge on any atom is 0.0977 e. The van der Waals surface area contributed by atoms with Gasteiger partial charge in [-0.05, 0) is 6.07 Å². The van der Waals surface area contributed by atoms with Crippen LogP contribution in [0.3, 0.4) is 0 Å². The van der Waals surface area contributed by atoms with E-state index in [4.69, 9.17) is 0 Å². The molecule has 0 aliphatic carbocycles. The molecule has 0 saturated carbocycles. The highest BCUT2D eigenvalue weighted by molar-refractivity contribution is 5.55. The molecule has 0 aromatic rings. The summed E-state index contributed by atoms with van der Waals surface area (Å²) in [6.45, 7) is 0. The lowest BCUT2D eigenvalue weighted by molar-refractivity contribution is 1.05. The first kappa shape index (κ1) is 5.22. The Morgan fingerprint density at radius 1 is 1.00 bits per heavy atom. The van der Waals surface area contributed by atoms with E-state index in [1.807, 2.05) is 0 Å². The maximum absolute atomic E-state index is 3.83. The SMILES string of the molecule is c1cc2nncc-2cnn1. The summed E-state index contributed by atoms with van der Waals surface area (Å²) in [5.41, 5.74) is 1.74. The summed E-state index contributed by atoms with van der Waals surface area (Å²) in [4.78, 5) is 0. The molecule has 2 heterocycles. The number of rotatable bonds is 0. The molecule has 0 unspecified atom stereocenters. The van der Waals surface area contributed by atoms with Crippen LogP contribution in [-0.4, -0.2) is 20.4 Å². The average Bonchev–Trinajstić information content (AvgIpc) is 2.28. The smallest absolute Gasteiger partial charge is 0.0977 e. The lowest BCUT2D eigenvalue weighted by Gasteiger charge is -1.78. The van der Waals surface area contributed by atoms with Gasteiger partial charge in [0.25, 0.3) is 0 Å². The predicted molar refractivity (Wildman–Crippen MR) is 34.2 cm³/mol. The minimum Gasteiger partial charge on any atom is -0.159 e. The second kappa shape index (κ2) is 1.98. The molecule has 0 bridgehead atoms. The van der Waals surface area contributed by atoms with Gasteiger partial charge in [-0.1, -0.05) is 0 Å². The quantitative estimate of drug-likeness (QED) is 0.519. The molecule has 2 aliphatic rings. The van der Waals surface area contributed by atoms with Gasteiger partial charge in [-0.25, -0.2) is 0 Å². The van der Waals surface area contributed by atoms with Crippen LogP contribution in [0.4, 0.5) is 0 Å². The van der Waals surface area contributed by atoms with Crippen molar-refractivity contribution in [2.24, 2.45) is 0 Å². The molecule has 10 heavy (non-hydrogen) atoms. The number of hydrogen-bond acceptors (Lipinski definition) is 4. The molecule has 0 fully saturated rings.